The summed E-state index contributed by atoms with van der Waals surface area (Å²) >= 11 is 2.13. The molecule has 1 unspecified atom stereocenters. The van der Waals surface area contributed by atoms with E-state index in [1.165, 1.54) is 23.3 Å². The van der Waals surface area contributed by atoms with Crippen LogP contribution in [0.25, 0.3) is 0 Å². The number of benzene rings is 1. The van der Waals surface area contributed by atoms with Gasteiger partial charge in [0.1, 0.15) is 10.6 Å². The van der Waals surface area contributed by atoms with Crippen LogP contribution in [-0.4, -0.2) is 45.0 Å². The molecule has 0 spiro atoms. The van der Waals surface area contributed by atoms with E-state index in [0.717, 1.165) is 11.3 Å². The van der Waals surface area contributed by atoms with E-state index >= 15 is 0 Å². The van der Waals surface area contributed by atoms with Gasteiger partial charge in [-0.1, -0.05) is 52.9 Å². The first-order chi connectivity index (χ1) is 18.9. The first-order valence-electron chi connectivity index (χ1n) is 13.1. The highest BCUT2D eigenvalue weighted by molar-refractivity contribution is 7.17. The zero-order valence-corrected chi connectivity index (χ0v) is 26.6. The fraction of sp³-hybridized carbons (Fsp3) is 0.433. The van der Waals surface area contributed by atoms with E-state index in [4.69, 9.17) is 4.74 Å². The second kappa shape index (κ2) is 10.4. The second-order valence-electron chi connectivity index (χ2n) is 12.2. The van der Waals surface area contributed by atoms with Gasteiger partial charge in [0, 0.05) is 0 Å². The third-order valence-corrected chi connectivity index (χ3v) is 9.20. The number of aromatic hydroxyl groups is 1. The number of thiazole rings is 2. The molecule has 3 aromatic rings. The molecule has 218 valence electrons. The van der Waals surface area contributed by atoms with Gasteiger partial charge >= 0.3 is 5.97 Å². The summed E-state index contributed by atoms with van der Waals surface area (Å²) in [5.74, 6) is -2.49. The number of nitrogens with zero attached hydrogens (tertiary/aromatic N) is 3. The van der Waals surface area contributed by atoms with Crippen LogP contribution in [0, 0.1) is 20.8 Å². The average Bonchev–Trinajstić information content (AvgIpc) is 3.49. The number of ketones is 1. The number of Topliss-reactive ketones (excluding diaryl/α,β-unsaturated/α-hetero) is 1. The van der Waals surface area contributed by atoms with Crippen molar-refractivity contribution in [3.05, 3.63) is 66.3 Å². The third kappa shape index (κ3) is 5.28. The van der Waals surface area contributed by atoms with Crippen molar-refractivity contribution in [1.29, 1.82) is 0 Å². The SMILES string of the molecule is COC(=O)c1sc(N2C(=O)C(O)=C(C(=O)c3sc(C)nc3C)C2c2cc(C(C)(C)C)c(O)c(C(C)(C)C)c2)nc1C. The molecule has 41 heavy (non-hydrogen) atoms. The number of esters is 1. The lowest BCUT2D eigenvalue weighted by Crippen LogP contribution is -2.31. The number of aromatic nitrogens is 2. The van der Waals surface area contributed by atoms with E-state index in [-0.39, 0.29) is 21.3 Å². The Kier molecular flexibility index (Phi) is 7.68. The summed E-state index contributed by atoms with van der Waals surface area (Å²) in [5.41, 5.74) is 1.52. The quantitative estimate of drug-likeness (QED) is 0.255. The van der Waals surface area contributed by atoms with Crippen molar-refractivity contribution in [2.45, 2.75) is 79.2 Å². The monoisotopic (exact) mass is 597 g/mol. The van der Waals surface area contributed by atoms with Crippen LogP contribution < -0.4 is 4.90 Å². The zero-order chi connectivity index (χ0) is 30.8. The number of phenolic OH excluding ortho intramolecular Hbond substituents is 1. The molecule has 1 aromatic carbocycles. The maximum absolute atomic E-state index is 14.1. The van der Waals surface area contributed by atoms with Gasteiger partial charge in [-0.3, -0.25) is 14.5 Å². The van der Waals surface area contributed by atoms with E-state index in [2.05, 4.69) is 9.97 Å². The first kappa shape index (κ1) is 30.4. The van der Waals surface area contributed by atoms with Crippen molar-refractivity contribution < 1.29 is 29.3 Å². The number of hydrogen-bond donors (Lipinski definition) is 2. The minimum absolute atomic E-state index is 0.111. The van der Waals surface area contributed by atoms with E-state index in [1.807, 2.05) is 41.5 Å². The van der Waals surface area contributed by atoms with Crippen LogP contribution in [0.1, 0.15) is 100 Å². The Hall–Kier alpha value is -3.57. The molecule has 1 atom stereocenters. The molecule has 2 N–H and O–H groups in total. The Morgan fingerprint density at radius 1 is 0.902 bits per heavy atom. The summed E-state index contributed by atoms with van der Waals surface area (Å²) in [4.78, 5) is 50.9. The Labute approximate surface area is 247 Å². The molecule has 1 aliphatic rings. The van der Waals surface area contributed by atoms with Crippen LogP contribution >= 0.6 is 22.7 Å². The number of rotatable bonds is 5. The Balaban J connectivity index is 2.05. The lowest BCUT2D eigenvalue weighted by molar-refractivity contribution is -0.117. The Morgan fingerprint density at radius 3 is 1.90 bits per heavy atom. The minimum atomic E-state index is -1.09. The molecule has 0 aliphatic carbocycles. The fourth-order valence-electron chi connectivity index (χ4n) is 4.94. The van der Waals surface area contributed by atoms with Crippen molar-refractivity contribution in [2.24, 2.45) is 0 Å². The summed E-state index contributed by atoms with van der Waals surface area (Å²) < 4.78 is 4.89. The largest absolute Gasteiger partial charge is 0.507 e. The van der Waals surface area contributed by atoms with Crippen molar-refractivity contribution in [2.75, 3.05) is 12.0 Å². The van der Waals surface area contributed by atoms with E-state index in [9.17, 15) is 24.6 Å². The van der Waals surface area contributed by atoms with Gasteiger partial charge in [-0.05, 0) is 60.4 Å². The number of phenols is 1. The number of methoxy groups -OCH3 is 1. The Bertz CT molecular complexity index is 1580. The molecule has 3 heterocycles. The number of amides is 1. The van der Waals surface area contributed by atoms with Gasteiger partial charge in [-0.25, -0.2) is 14.8 Å². The molecule has 0 saturated carbocycles. The van der Waals surface area contributed by atoms with E-state index in [0.29, 0.717) is 38.0 Å². The van der Waals surface area contributed by atoms with E-state index < -0.39 is 40.3 Å². The number of carbonyl (C=O) groups excluding carboxylic acids is 3. The van der Waals surface area contributed by atoms with Gasteiger partial charge in [-0.15, -0.1) is 11.3 Å². The van der Waals surface area contributed by atoms with Gasteiger partial charge in [0.15, 0.2) is 10.9 Å². The predicted octanol–water partition coefficient (Wildman–Crippen LogP) is 6.39. The lowest BCUT2D eigenvalue weighted by Gasteiger charge is -2.31. The van der Waals surface area contributed by atoms with Crippen molar-refractivity contribution in [3.63, 3.8) is 0 Å². The van der Waals surface area contributed by atoms with Crippen LogP contribution in [0.2, 0.25) is 0 Å². The molecule has 0 fully saturated rings. The standard InChI is InChI=1S/C30H35N3O6S2/c1-13-24(40-15(3)31-13)22(35)19-20(16-11-17(29(4,5)6)21(34)18(12-16)30(7,8)9)33(26(37)23(19)36)28-32-14(2)25(41-28)27(38)39-10/h11-12,20,34,36H,1-10H3. The molecular formula is C30H35N3O6S2. The molecule has 1 aliphatic heterocycles. The predicted molar refractivity (Wildman–Crippen MR) is 159 cm³/mol. The van der Waals surface area contributed by atoms with Gasteiger partial charge in [-0.2, -0.15) is 0 Å². The molecule has 0 radical (unpaired) electrons. The normalized spacial score (nSPS) is 16.1. The molecule has 4 rings (SSSR count). The molecule has 9 nitrogen and oxygen atoms in total. The molecule has 0 saturated heterocycles. The van der Waals surface area contributed by atoms with E-state index in [1.54, 1.807) is 32.9 Å². The molecule has 0 bridgehead atoms. The highest BCUT2D eigenvalue weighted by Crippen LogP contribution is 2.48. The zero-order valence-electron chi connectivity index (χ0n) is 24.9. The van der Waals surface area contributed by atoms with Crippen LogP contribution in [0.3, 0.4) is 0 Å². The number of aryl methyl sites for hydroxylation is 3. The lowest BCUT2D eigenvalue weighted by atomic mass is 9.77. The first-order valence-corrected chi connectivity index (χ1v) is 14.7. The van der Waals surface area contributed by atoms with Crippen molar-refractivity contribution in [3.8, 4) is 5.75 Å². The highest BCUT2D eigenvalue weighted by atomic mass is 32.1. The molecule has 1 amide bonds. The van der Waals surface area contributed by atoms with Crippen molar-refractivity contribution in [1.82, 2.24) is 9.97 Å². The summed E-state index contributed by atoms with van der Waals surface area (Å²) in [6.07, 6.45) is 0. The average molecular weight is 598 g/mol. The fourth-order valence-corrected chi connectivity index (χ4v) is 6.83. The second-order valence-corrected chi connectivity index (χ2v) is 14.4. The number of aliphatic hydroxyl groups excluding tert-OH is 1. The van der Waals surface area contributed by atoms with Crippen LogP contribution in [0.15, 0.2) is 23.5 Å². The number of hydrogen-bond acceptors (Lipinski definition) is 10. The van der Waals surface area contributed by atoms with Gasteiger partial charge in [0.2, 0.25) is 5.78 Å². The summed E-state index contributed by atoms with van der Waals surface area (Å²) in [7, 11) is 1.26. The van der Waals surface area contributed by atoms with Gasteiger partial charge < -0.3 is 14.9 Å². The van der Waals surface area contributed by atoms with Crippen LogP contribution in [-0.2, 0) is 20.4 Å². The molecule has 2 aromatic heterocycles. The minimum Gasteiger partial charge on any atom is -0.507 e. The number of ether oxygens (including phenoxy) is 1. The Morgan fingerprint density at radius 2 is 1.44 bits per heavy atom. The maximum Gasteiger partial charge on any atom is 0.350 e. The van der Waals surface area contributed by atoms with Crippen molar-refractivity contribution >= 4 is 45.5 Å². The molecule has 11 heteroatoms. The van der Waals surface area contributed by atoms with Crippen LogP contribution in [0.5, 0.6) is 5.75 Å². The van der Waals surface area contributed by atoms with Gasteiger partial charge in [0.05, 0.1) is 40.0 Å². The van der Waals surface area contributed by atoms with Gasteiger partial charge in [0.25, 0.3) is 5.91 Å². The number of carbonyl (C=O) groups is 3. The third-order valence-electron chi connectivity index (χ3n) is 6.99. The smallest absolute Gasteiger partial charge is 0.350 e. The summed E-state index contributed by atoms with van der Waals surface area (Å²) in [6, 6.07) is 2.46. The van der Waals surface area contributed by atoms with Crippen LogP contribution in [0.4, 0.5) is 5.13 Å². The molecular weight excluding hydrogens is 562 g/mol. The number of aliphatic hydroxyl groups is 1. The topological polar surface area (TPSA) is 130 Å². The summed E-state index contributed by atoms with van der Waals surface area (Å²) in [5, 5.41) is 23.4. The number of anilines is 1. The summed E-state index contributed by atoms with van der Waals surface area (Å²) in [6.45, 7) is 16.9. The highest BCUT2D eigenvalue weighted by Gasteiger charge is 2.47. The maximum atomic E-state index is 14.1.